The standard InChI is InChI=1S/C16H27N3O/c1-18(2)13-5-12-17-16(20)11-8-14-6-9-15(10-7-14)19(3)4/h6-7,9-10H,5,8,11-13H2,1-4H3,(H,17,20). The molecule has 0 aliphatic carbocycles. The Bertz CT molecular complexity index is 399. The summed E-state index contributed by atoms with van der Waals surface area (Å²) in [6, 6.07) is 8.36. The van der Waals surface area contributed by atoms with Crippen molar-refractivity contribution in [1.82, 2.24) is 10.2 Å². The summed E-state index contributed by atoms with van der Waals surface area (Å²) in [6.45, 7) is 1.77. The molecule has 1 aromatic carbocycles. The van der Waals surface area contributed by atoms with Gasteiger partial charge in [-0.3, -0.25) is 4.79 Å². The lowest BCUT2D eigenvalue weighted by Gasteiger charge is -2.12. The minimum Gasteiger partial charge on any atom is -0.378 e. The summed E-state index contributed by atoms with van der Waals surface area (Å²) in [4.78, 5) is 15.9. The molecule has 0 atom stereocenters. The predicted octanol–water partition coefficient (Wildman–Crippen LogP) is 1.75. The first-order valence-electron chi connectivity index (χ1n) is 7.16. The van der Waals surface area contributed by atoms with E-state index in [1.54, 1.807) is 0 Å². The number of amides is 1. The Morgan fingerprint density at radius 2 is 1.75 bits per heavy atom. The molecule has 0 aromatic heterocycles. The molecule has 1 aromatic rings. The fraction of sp³-hybridized carbons (Fsp3) is 0.562. The monoisotopic (exact) mass is 277 g/mol. The molecule has 0 radical (unpaired) electrons. The Balaban J connectivity index is 2.23. The smallest absolute Gasteiger partial charge is 0.220 e. The molecule has 0 unspecified atom stereocenters. The van der Waals surface area contributed by atoms with Crippen molar-refractivity contribution in [2.24, 2.45) is 0 Å². The first-order valence-corrected chi connectivity index (χ1v) is 7.16. The van der Waals surface area contributed by atoms with E-state index in [9.17, 15) is 4.79 Å². The number of hydrogen-bond acceptors (Lipinski definition) is 3. The minimum atomic E-state index is 0.139. The van der Waals surface area contributed by atoms with Crippen molar-refractivity contribution < 1.29 is 4.79 Å². The van der Waals surface area contributed by atoms with Gasteiger partial charge >= 0.3 is 0 Å². The summed E-state index contributed by atoms with van der Waals surface area (Å²) in [5.41, 5.74) is 2.39. The van der Waals surface area contributed by atoms with Gasteiger partial charge in [0.15, 0.2) is 0 Å². The third-order valence-electron chi connectivity index (χ3n) is 3.20. The zero-order valence-electron chi connectivity index (χ0n) is 13.1. The molecule has 4 nitrogen and oxygen atoms in total. The topological polar surface area (TPSA) is 35.6 Å². The van der Waals surface area contributed by atoms with E-state index in [1.165, 1.54) is 11.3 Å². The number of benzene rings is 1. The lowest BCUT2D eigenvalue weighted by Crippen LogP contribution is -2.27. The maximum absolute atomic E-state index is 11.7. The van der Waals surface area contributed by atoms with E-state index in [-0.39, 0.29) is 5.91 Å². The van der Waals surface area contributed by atoms with Crippen LogP contribution in [0.1, 0.15) is 18.4 Å². The fourth-order valence-corrected chi connectivity index (χ4v) is 1.93. The van der Waals surface area contributed by atoms with Crippen molar-refractivity contribution in [2.45, 2.75) is 19.3 Å². The first-order chi connectivity index (χ1) is 9.49. The summed E-state index contributed by atoms with van der Waals surface area (Å²) in [5.74, 6) is 0.139. The van der Waals surface area contributed by atoms with Crippen LogP contribution in [-0.4, -0.2) is 52.1 Å². The minimum absolute atomic E-state index is 0.139. The Morgan fingerprint density at radius 1 is 1.10 bits per heavy atom. The molecular formula is C16H27N3O. The second-order valence-electron chi connectivity index (χ2n) is 5.57. The molecule has 20 heavy (non-hydrogen) atoms. The highest BCUT2D eigenvalue weighted by Crippen LogP contribution is 2.13. The van der Waals surface area contributed by atoms with Gasteiger partial charge in [-0.15, -0.1) is 0 Å². The molecule has 0 aliphatic heterocycles. The van der Waals surface area contributed by atoms with Crippen LogP contribution in [0.3, 0.4) is 0 Å². The zero-order valence-corrected chi connectivity index (χ0v) is 13.1. The molecular weight excluding hydrogens is 250 g/mol. The second kappa shape index (κ2) is 8.59. The fourth-order valence-electron chi connectivity index (χ4n) is 1.93. The van der Waals surface area contributed by atoms with Crippen molar-refractivity contribution in [2.75, 3.05) is 46.2 Å². The average Bonchev–Trinajstić information content (AvgIpc) is 2.41. The van der Waals surface area contributed by atoms with E-state index in [1.807, 2.05) is 28.2 Å². The number of carbonyl (C=O) groups is 1. The van der Waals surface area contributed by atoms with Crippen molar-refractivity contribution in [3.05, 3.63) is 29.8 Å². The molecule has 0 spiro atoms. The highest BCUT2D eigenvalue weighted by molar-refractivity contribution is 5.76. The van der Waals surface area contributed by atoms with Gasteiger partial charge in [-0.05, 0) is 51.2 Å². The van der Waals surface area contributed by atoms with Crippen LogP contribution in [0.2, 0.25) is 0 Å². The molecule has 0 saturated heterocycles. The lowest BCUT2D eigenvalue weighted by molar-refractivity contribution is -0.121. The molecule has 112 valence electrons. The summed E-state index contributed by atoms with van der Waals surface area (Å²) >= 11 is 0. The largest absolute Gasteiger partial charge is 0.378 e. The van der Waals surface area contributed by atoms with E-state index in [4.69, 9.17) is 0 Å². The van der Waals surface area contributed by atoms with Crippen LogP contribution >= 0.6 is 0 Å². The molecule has 1 N–H and O–H groups in total. The van der Waals surface area contributed by atoms with E-state index in [0.29, 0.717) is 6.42 Å². The highest BCUT2D eigenvalue weighted by Gasteiger charge is 2.02. The quantitative estimate of drug-likeness (QED) is 0.735. The van der Waals surface area contributed by atoms with Crippen molar-refractivity contribution in [3.8, 4) is 0 Å². The third-order valence-corrected chi connectivity index (χ3v) is 3.20. The normalized spacial score (nSPS) is 10.7. The molecule has 0 heterocycles. The Hall–Kier alpha value is -1.55. The second-order valence-corrected chi connectivity index (χ2v) is 5.57. The molecule has 0 saturated carbocycles. The van der Waals surface area contributed by atoms with Gasteiger partial charge in [0.25, 0.3) is 0 Å². The average molecular weight is 277 g/mol. The summed E-state index contributed by atoms with van der Waals surface area (Å²) in [6.07, 6.45) is 2.35. The predicted molar refractivity (Wildman–Crippen MR) is 85.3 cm³/mol. The zero-order chi connectivity index (χ0) is 15.0. The van der Waals surface area contributed by atoms with Gasteiger partial charge in [0.05, 0.1) is 0 Å². The Kier molecular flexibility index (Phi) is 7.09. The van der Waals surface area contributed by atoms with E-state index in [2.05, 4.69) is 39.4 Å². The van der Waals surface area contributed by atoms with Crippen LogP contribution in [0.15, 0.2) is 24.3 Å². The van der Waals surface area contributed by atoms with Crippen molar-refractivity contribution in [3.63, 3.8) is 0 Å². The van der Waals surface area contributed by atoms with E-state index >= 15 is 0 Å². The first kappa shape index (κ1) is 16.5. The van der Waals surface area contributed by atoms with Gasteiger partial charge in [0.1, 0.15) is 0 Å². The number of nitrogens with zero attached hydrogens (tertiary/aromatic N) is 2. The number of nitrogens with one attached hydrogen (secondary N) is 1. The maximum atomic E-state index is 11.7. The third kappa shape index (κ3) is 6.57. The van der Waals surface area contributed by atoms with E-state index < -0.39 is 0 Å². The van der Waals surface area contributed by atoms with Crippen molar-refractivity contribution >= 4 is 11.6 Å². The number of carbonyl (C=O) groups excluding carboxylic acids is 1. The van der Waals surface area contributed by atoms with Crippen molar-refractivity contribution in [1.29, 1.82) is 0 Å². The Morgan fingerprint density at radius 3 is 2.30 bits per heavy atom. The molecule has 4 heteroatoms. The Labute approximate surface area is 122 Å². The highest BCUT2D eigenvalue weighted by atomic mass is 16.1. The summed E-state index contributed by atoms with van der Waals surface area (Å²) in [7, 11) is 8.13. The van der Waals surface area contributed by atoms with Gasteiger partial charge in [-0.25, -0.2) is 0 Å². The summed E-state index contributed by atoms with van der Waals surface area (Å²) < 4.78 is 0. The van der Waals surface area contributed by atoms with Crippen LogP contribution < -0.4 is 10.2 Å². The number of hydrogen-bond donors (Lipinski definition) is 1. The number of aryl methyl sites for hydroxylation is 1. The molecule has 0 aliphatic rings. The van der Waals surface area contributed by atoms with Gasteiger partial charge in [-0.2, -0.15) is 0 Å². The van der Waals surface area contributed by atoms with Gasteiger partial charge in [-0.1, -0.05) is 12.1 Å². The lowest BCUT2D eigenvalue weighted by atomic mass is 10.1. The van der Waals surface area contributed by atoms with Crippen LogP contribution in [-0.2, 0) is 11.2 Å². The molecule has 1 rings (SSSR count). The maximum Gasteiger partial charge on any atom is 0.220 e. The van der Waals surface area contributed by atoms with Gasteiger partial charge < -0.3 is 15.1 Å². The van der Waals surface area contributed by atoms with Gasteiger partial charge in [0.2, 0.25) is 5.91 Å². The molecule has 1 amide bonds. The van der Waals surface area contributed by atoms with E-state index in [0.717, 1.165) is 25.9 Å². The van der Waals surface area contributed by atoms with Crippen LogP contribution in [0, 0.1) is 0 Å². The van der Waals surface area contributed by atoms with Crippen LogP contribution in [0.25, 0.3) is 0 Å². The summed E-state index contributed by atoms with van der Waals surface area (Å²) in [5, 5.41) is 2.96. The van der Waals surface area contributed by atoms with Crippen LogP contribution in [0.4, 0.5) is 5.69 Å². The van der Waals surface area contributed by atoms with Gasteiger partial charge in [0, 0.05) is 32.7 Å². The molecule has 0 fully saturated rings. The molecule has 0 bridgehead atoms. The SMILES string of the molecule is CN(C)CCCNC(=O)CCc1ccc(N(C)C)cc1. The number of anilines is 1. The number of rotatable bonds is 8. The van der Waals surface area contributed by atoms with Crippen LogP contribution in [0.5, 0.6) is 0 Å².